The predicted octanol–water partition coefficient (Wildman–Crippen LogP) is -0.933. The first kappa shape index (κ1) is 12.2. The van der Waals surface area contributed by atoms with E-state index < -0.39 is 42.4 Å². The lowest BCUT2D eigenvalue weighted by Crippen LogP contribution is -2.40. The summed E-state index contributed by atoms with van der Waals surface area (Å²) in [6.07, 6.45) is -2.22. The van der Waals surface area contributed by atoms with Crippen molar-refractivity contribution in [2.75, 3.05) is 6.61 Å². The molecule has 94 valence electrons. The van der Waals surface area contributed by atoms with Crippen molar-refractivity contribution in [3.63, 3.8) is 0 Å². The van der Waals surface area contributed by atoms with E-state index >= 15 is 0 Å². The quantitative estimate of drug-likeness (QED) is 0.613. The minimum Gasteiger partial charge on any atom is -0.394 e. The van der Waals surface area contributed by atoms with Crippen molar-refractivity contribution < 1.29 is 28.9 Å². The van der Waals surface area contributed by atoms with E-state index in [9.17, 15) is 19.1 Å². The van der Waals surface area contributed by atoms with Gasteiger partial charge in [-0.15, -0.1) is 0 Å². The molecule has 0 aromatic heterocycles. The maximum atomic E-state index is 13.1. The molecule has 2 N–H and O–H groups in total. The highest BCUT2D eigenvalue weighted by Gasteiger charge is 2.40. The lowest BCUT2D eigenvalue weighted by Gasteiger charge is -2.27. The number of rotatable bonds is 2. The van der Waals surface area contributed by atoms with E-state index in [1.165, 1.54) is 0 Å². The predicted molar refractivity (Wildman–Crippen MR) is 52.0 cm³/mol. The summed E-state index contributed by atoms with van der Waals surface area (Å²) in [5.74, 6) is -2.44. The van der Waals surface area contributed by atoms with Crippen molar-refractivity contribution in [1.29, 1.82) is 0 Å². The third-order valence-corrected chi connectivity index (χ3v) is 2.81. The van der Waals surface area contributed by atoms with Crippen molar-refractivity contribution in [2.24, 2.45) is 0 Å². The van der Waals surface area contributed by atoms with Crippen molar-refractivity contribution in [3.8, 4) is 0 Å². The molecule has 1 amide bonds. The third-order valence-electron chi connectivity index (χ3n) is 2.81. The van der Waals surface area contributed by atoms with Crippen LogP contribution in [0.15, 0.2) is 12.0 Å². The number of hydrogen-bond donors (Lipinski definition) is 2. The SMILES string of the molecule is O=C1CC(=O)N(C2C[C@@H](O)[C@@H](CO)O2)C=C1F. The second kappa shape index (κ2) is 4.52. The fourth-order valence-corrected chi connectivity index (χ4v) is 1.87. The van der Waals surface area contributed by atoms with Crippen LogP contribution < -0.4 is 0 Å². The number of nitrogens with zero attached hydrogens (tertiary/aromatic N) is 1. The summed E-state index contributed by atoms with van der Waals surface area (Å²) in [6, 6.07) is 0. The molecule has 0 radical (unpaired) electrons. The average Bonchev–Trinajstić information content (AvgIpc) is 2.65. The van der Waals surface area contributed by atoms with E-state index in [0.717, 1.165) is 11.1 Å². The lowest BCUT2D eigenvalue weighted by atomic mass is 10.1. The number of ketones is 1. The molecule has 2 aliphatic rings. The van der Waals surface area contributed by atoms with Gasteiger partial charge in [0.05, 0.1) is 19.1 Å². The molecule has 0 spiro atoms. The van der Waals surface area contributed by atoms with Gasteiger partial charge in [-0.2, -0.15) is 0 Å². The average molecular weight is 245 g/mol. The Bertz CT molecular complexity index is 383. The van der Waals surface area contributed by atoms with Gasteiger partial charge in [0, 0.05) is 12.6 Å². The molecule has 0 aromatic rings. The summed E-state index contributed by atoms with van der Waals surface area (Å²) in [7, 11) is 0. The van der Waals surface area contributed by atoms with E-state index in [0.29, 0.717) is 0 Å². The zero-order valence-corrected chi connectivity index (χ0v) is 8.88. The molecule has 0 aromatic carbocycles. The summed E-state index contributed by atoms with van der Waals surface area (Å²) in [5, 5.41) is 18.4. The molecule has 0 bridgehead atoms. The van der Waals surface area contributed by atoms with Crippen LogP contribution in [0.4, 0.5) is 4.39 Å². The number of carbonyl (C=O) groups excluding carboxylic acids is 2. The number of halogens is 1. The van der Waals surface area contributed by atoms with Crippen LogP contribution in [-0.2, 0) is 14.3 Å². The van der Waals surface area contributed by atoms with E-state index in [4.69, 9.17) is 9.84 Å². The Morgan fingerprint density at radius 2 is 2.24 bits per heavy atom. The van der Waals surface area contributed by atoms with Crippen molar-refractivity contribution in [1.82, 2.24) is 4.90 Å². The Morgan fingerprint density at radius 1 is 1.53 bits per heavy atom. The summed E-state index contributed by atoms with van der Waals surface area (Å²) >= 11 is 0. The van der Waals surface area contributed by atoms with Crippen LogP contribution in [0.25, 0.3) is 0 Å². The van der Waals surface area contributed by atoms with Crippen LogP contribution in [0.3, 0.4) is 0 Å². The highest BCUT2D eigenvalue weighted by Crippen LogP contribution is 2.26. The second-order valence-electron chi connectivity index (χ2n) is 3.99. The third kappa shape index (κ3) is 2.21. The molecule has 0 aliphatic carbocycles. The highest BCUT2D eigenvalue weighted by molar-refractivity contribution is 6.08. The van der Waals surface area contributed by atoms with Gasteiger partial charge in [0.1, 0.15) is 12.3 Å². The first-order valence-corrected chi connectivity index (χ1v) is 5.19. The number of hydrogen-bond acceptors (Lipinski definition) is 5. The van der Waals surface area contributed by atoms with Crippen molar-refractivity contribution >= 4 is 11.7 Å². The monoisotopic (exact) mass is 245 g/mol. The molecule has 2 aliphatic heterocycles. The normalized spacial score (nSPS) is 34.2. The Hall–Kier alpha value is -1.31. The zero-order chi connectivity index (χ0) is 12.6. The van der Waals surface area contributed by atoms with Gasteiger partial charge in [-0.05, 0) is 0 Å². The largest absolute Gasteiger partial charge is 0.394 e. The molecule has 2 rings (SSSR count). The maximum Gasteiger partial charge on any atom is 0.236 e. The number of allylic oxidation sites excluding steroid dienone is 1. The van der Waals surface area contributed by atoms with E-state index in [1.54, 1.807) is 0 Å². The number of amides is 1. The first-order chi connectivity index (χ1) is 8.02. The number of aliphatic hydroxyl groups excluding tert-OH is 2. The van der Waals surface area contributed by atoms with Gasteiger partial charge in [0.15, 0.2) is 5.83 Å². The van der Waals surface area contributed by atoms with E-state index in [1.807, 2.05) is 0 Å². The zero-order valence-electron chi connectivity index (χ0n) is 8.88. The number of Topliss-reactive ketones (excluding diaryl/α,β-unsaturated/α-hetero) is 1. The topological polar surface area (TPSA) is 87.1 Å². The van der Waals surface area contributed by atoms with Gasteiger partial charge in [-0.25, -0.2) is 4.39 Å². The maximum absolute atomic E-state index is 13.1. The number of carbonyl (C=O) groups is 2. The lowest BCUT2D eigenvalue weighted by molar-refractivity contribution is -0.145. The fraction of sp³-hybridized carbons (Fsp3) is 0.600. The molecule has 0 saturated carbocycles. The Labute approximate surface area is 96.3 Å². The molecule has 1 fully saturated rings. The molecule has 1 saturated heterocycles. The Balaban J connectivity index is 2.13. The molecule has 17 heavy (non-hydrogen) atoms. The van der Waals surface area contributed by atoms with E-state index in [2.05, 4.69) is 0 Å². The van der Waals surface area contributed by atoms with Crippen LogP contribution in [0.1, 0.15) is 12.8 Å². The minimum absolute atomic E-state index is 0.0783. The molecule has 7 heteroatoms. The smallest absolute Gasteiger partial charge is 0.236 e. The van der Waals surface area contributed by atoms with Crippen LogP contribution in [0.5, 0.6) is 0 Å². The van der Waals surface area contributed by atoms with Gasteiger partial charge in [-0.3, -0.25) is 14.5 Å². The van der Waals surface area contributed by atoms with Gasteiger partial charge >= 0.3 is 0 Å². The van der Waals surface area contributed by atoms with Crippen LogP contribution in [0.2, 0.25) is 0 Å². The second-order valence-corrected chi connectivity index (χ2v) is 3.99. The van der Waals surface area contributed by atoms with Gasteiger partial charge in [0.2, 0.25) is 11.7 Å². The first-order valence-electron chi connectivity index (χ1n) is 5.19. The van der Waals surface area contributed by atoms with Gasteiger partial charge in [0.25, 0.3) is 0 Å². The summed E-state index contributed by atoms with van der Waals surface area (Å²) in [5.41, 5.74) is 0. The Kier molecular flexibility index (Phi) is 3.23. The number of aliphatic hydroxyl groups is 2. The van der Waals surface area contributed by atoms with Gasteiger partial charge in [-0.1, -0.05) is 0 Å². The Morgan fingerprint density at radius 3 is 2.82 bits per heavy atom. The van der Waals surface area contributed by atoms with E-state index in [-0.39, 0.29) is 13.0 Å². The minimum atomic E-state index is -1.00. The molecular formula is C10H12FNO5. The van der Waals surface area contributed by atoms with Crippen LogP contribution in [0, 0.1) is 0 Å². The van der Waals surface area contributed by atoms with Crippen LogP contribution in [-0.4, -0.2) is 51.8 Å². The molecular weight excluding hydrogens is 233 g/mol. The molecule has 3 atom stereocenters. The standard InChI is InChI=1S/C10H12FNO5/c11-5-3-12(9(16)1-6(5)14)10-2-7(15)8(4-13)17-10/h3,7-8,10,13,15H,1-2,4H2/t7-,8-,10?/m1/s1. The number of ether oxygens (including phenoxy) is 1. The highest BCUT2D eigenvalue weighted by atomic mass is 19.1. The van der Waals surface area contributed by atoms with Crippen molar-refractivity contribution in [3.05, 3.63) is 12.0 Å². The van der Waals surface area contributed by atoms with Crippen LogP contribution >= 0.6 is 0 Å². The summed E-state index contributed by atoms with van der Waals surface area (Å²) in [6.45, 7) is -0.384. The molecule has 1 unspecified atom stereocenters. The van der Waals surface area contributed by atoms with Gasteiger partial charge < -0.3 is 14.9 Å². The fourth-order valence-electron chi connectivity index (χ4n) is 1.87. The molecule has 6 nitrogen and oxygen atoms in total. The summed E-state index contributed by atoms with van der Waals surface area (Å²) < 4.78 is 18.3. The van der Waals surface area contributed by atoms with Crippen molar-refractivity contribution in [2.45, 2.75) is 31.3 Å². The molecule has 2 heterocycles. The summed E-state index contributed by atoms with van der Waals surface area (Å²) in [4.78, 5) is 23.4.